The van der Waals surface area contributed by atoms with Gasteiger partial charge in [0.05, 0.1) is 11.5 Å². The van der Waals surface area contributed by atoms with Crippen LogP contribution in [0.15, 0.2) is 4.52 Å². The highest BCUT2D eigenvalue weighted by molar-refractivity contribution is 7.99. The molecule has 0 aromatic carbocycles. The minimum atomic E-state index is 0.214. The summed E-state index contributed by atoms with van der Waals surface area (Å²) in [5, 5.41) is 4.00. The first-order chi connectivity index (χ1) is 10.6. The summed E-state index contributed by atoms with van der Waals surface area (Å²) >= 11 is 1.57. The van der Waals surface area contributed by atoms with Crippen molar-refractivity contribution in [2.75, 3.05) is 12.8 Å². The van der Waals surface area contributed by atoms with E-state index in [-0.39, 0.29) is 5.91 Å². The minimum absolute atomic E-state index is 0.214. The zero-order valence-corrected chi connectivity index (χ0v) is 14.3. The van der Waals surface area contributed by atoms with Gasteiger partial charge in [0.2, 0.25) is 11.8 Å². The summed E-state index contributed by atoms with van der Waals surface area (Å²) in [7, 11) is 1.95. The lowest BCUT2D eigenvalue weighted by Crippen LogP contribution is -2.43. The van der Waals surface area contributed by atoms with Gasteiger partial charge in [-0.3, -0.25) is 4.79 Å². The molecular formula is C16H25N3O2S. The highest BCUT2D eigenvalue weighted by atomic mass is 32.2. The lowest BCUT2D eigenvalue weighted by molar-refractivity contribution is -0.130. The summed E-state index contributed by atoms with van der Waals surface area (Å²) in [4.78, 5) is 18.7. The Morgan fingerprint density at radius 2 is 2.09 bits per heavy atom. The van der Waals surface area contributed by atoms with Gasteiger partial charge in [-0.05, 0) is 31.6 Å². The molecule has 2 aliphatic carbocycles. The maximum absolute atomic E-state index is 12.3. The Morgan fingerprint density at radius 3 is 2.82 bits per heavy atom. The summed E-state index contributed by atoms with van der Waals surface area (Å²) < 4.78 is 5.23. The van der Waals surface area contributed by atoms with Crippen molar-refractivity contribution in [3.8, 4) is 0 Å². The van der Waals surface area contributed by atoms with E-state index < -0.39 is 0 Å². The quantitative estimate of drug-likeness (QED) is 0.804. The van der Waals surface area contributed by atoms with E-state index in [0.29, 0.717) is 35.3 Å². The van der Waals surface area contributed by atoms with Crippen LogP contribution in [0.5, 0.6) is 0 Å². The third-order valence-electron chi connectivity index (χ3n) is 4.83. The van der Waals surface area contributed by atoms with Crippen LogP contribution in [0.4, 0.5) is 0 Å². The van der Waals surface area contributed by atoms with Crippen molar-refractivity contribution in [3.05, 3.63) is 11.7 Å². The molecule has 2 aliphatic rings. The maximum Gasteiger partial charge on any atom is 0.236 e. The van der Waals surface area contributed by atoms with Gasteiger partial charge in [0.25, 0.3) is 0 Å². The van der Waals surface area contributed by atoms with Crippen LogP contribution in [0.3, 0.4) is 0 Å². The fraction of sp³-hybridized carbons (Fsp3) is 0.812. The third kappa shape index (κ3) is 3.83. The molecule has 0 N–H and O–H groups in total. The number of nitrogens with zero attached hydrogens (tertiary/aromatic N) is 3. The fourth-order valence-electron chi connectivity index (χ4n) is 3.22. The molecule has 122 valence electrons. The normalized spacial score (nSPS) is 25.2. The lowest BCUT2D eigenvalue weighted by Gasteiger charge is -2.36. The van der Waals surface area contributed by atoms with E-state index in [2.05, 4.69) is 17.1 Å². The number of hydrogen-bond donors (Lipinski definition) is 0. The predicted octanol–water partition coefficient (Wildman–Crippen LogP) is 3.22. The van der Waals surface area contributed by atoms with Crippen LogP contribution in [-0.4, -0.2) is 39.8 Å². The summed E-state index contributed by atoms with van der Waals surface area (Å²) in [5.41, 5.74) is 0. The molecule has 0 bridgehead atoms. The Kier molecular flexibility index (Phi) is 5.06. The molecular weight excluding hydrogens is 298 g/mol. The number of rotatable bonds is 6. The molecule has 1 heterocycles. The zero-order valence-electron chi connectivity index (χ0n) is 13.5. The molecule has 0 spiro atoms. The number of carbonyl (C=O) groups is 1. The minimum Gasteiger partial charge on any atom is -0.342 e. The molecule has 1 amide bonds. The topological polar surface area (TPSA) is 59.2 Å². The molecule has 0 aliphatic heterocycles. The van der Waals surface area contributed by atoms with E-state index in [9.17, 15) is 4.79 Å². The predicted molar refractivity (Wildman–Crippen MR) is 86.6 cm³/mol. The number of hydrogen-bond acceptors (Lipinski definition) is 5. The van der Waals surface area contributed by atoms with E-state index in [4.69, 9.17) is 4.52 Å². The molecule has 1 aromatic rings. The number of aromatic nitrogens is 2. The molecule has 22 heavy (non-hydrogen) atoms. The molecule has 0 saturated heterocycles. The van der Waals surface area contributed by atoms with Crippen LogP contribution < -0.4 is 0 Å². The van der Waals surface area contributed by atoms with Crippen molar-refractivity contribution in [1.29, 1.82) is 0 Å². The lowest BCUT2D eigenvalue weighted by atomic mass is 9.85. The summed E-state index contributed by atoms with van der Waals surface area (Å²) in [6.45, 7) is 2.26. The van der Waals surface area contributed by atoms with Crippen LogP contribution in [0.2, 0.25) is 0 Å². The molecule has 6 heteroatoms. The number of amides is 1. The Balaban J connectivity index is 1.42. The van der Waals surface area contributed by atoms with Gasteiger partial charge in [-0.2, -0.15) is 4.98 Å². The van der Waals surface area contributed by atoms with Crippen molar-refractivity contribution < 1.29 is 9.32 Å². The first kappa shape index (κ1) is 15.8. The highest BCUT2D eigenvalue weighted by Crippen LogP contribution is 2.38. The first-order valence-electron chi connectivity index (χ1n) is 8.31. The smallest absolute Gasteiger partial charge is 0.236 e. The van der Waals surface area contributed by atoms with Crippen molar-refractivity contribution in [2.24, 2.45) is 5.92 Å². The van der Waals surface area contributed by atoms with Gasteiger partial charge in [0, 0.05) is 19.0 Å². The van der Waals surface area contributed by atoms with Crippen molar-refractivity contribution in [2.45, 2.75) is 63.2 Å². The Hall–Kier alpha value is -1.04. The number of carbonyl (C=O) groups excluding carboxylic acids is 1. The second-order valence-electron chi connectivity index (χ2n) is 6.65. The average Bonchev–Trinajstić information content (AvgIpc) is 3.27. The van der Waals surface area contributed by atoms with E-state index >= 15 is 0 Å². The molecule has 2 fully saturated rings. The van der Waals surface area contributed by atoms with E-state index in [1.165, 1.54) is 32.1 Å². The van der Waals surface area contributed by atoms with Gasteiger partial charge in [-0.25, -0.2) is 0 Å². The SMILES string of the molecule is C[C@H]1CCCC[C@H]1N(C)C(=O)CSCc1nc(C2CC2)no1. The molecule has 3 rings (SSSR count). The molecule has 0 radical (unpaired) electrons. The van der Waals surface area contributed by atoms with Crippen LogP contribution in [0.25, 0.3) is 0 Å². The molecule has 1 aromatic heterocycles. The Labute approximate surface area is 136 Å². The molecule has 2 atom stereocenters. The summed E-state index contributed by atoms with van der Waals surface area (Å²) in [6.07, 6.45) is 7.27. The van der Waals surface area contributed by atoms with Gasteiger partial charge in [0.15, 0.2) is 5.82 Å². The standard InChI is InChI=1S/C16H25N3O2S/c1-11-5-3-4-6-13(11)19(2)15(20)10-22-9-14-17-16(18-21-14)12-7-8-12/h11-13H,3-10H2,1-2H3/t11-,13+/m0/s1. The average molecular weight is 323 g/mol. The highest BCUT2D eigenvalue weighted by Gasteiger charge is 2.29. The molecule has 2 saturated carbocycles. The van der Waals surface area contributed by atoms with Crippen molar-refractivity contribution >= 4 is 17.7 Å². The zero-order chi connectivity index (χ0) is 15.5. The van der Waals surface area contributed by atoms with E-state index in [1.807, 2.05) is 11.9 Å². The van der Waals surface area contributed by atoms with Crippen LogP contribution >= 0.6 is 11.8 Å². The molecule has 5 nitrogen and oxygen atoms in total. The van der Waals surface area contributed by atoms with Gasteiger partial charge in [-0.15, -0.1) is 11.8 Å². The van der Waals surface area contributed by atoms with Crippen LogP contribution in [-0.2, 0) is 10.5 Å². The largest absolute Gasteiger partial charge is 0.342 e. The fourth-order valence-corrected chi connectivity index (χ4v) is 3.99. The second kappa shape index (κ2) is 7.02. The van der Waals surface area contributed by atoms with E-state index in [1.54, 1.807) is 11.8 Å². The van der Waals surface area contributed by atoms with Crippen LogP contribution in [0.1, 0.15) is 63.1 Å². The van der Waals surface area contributed by atoms with Gasteiger partial charge >= 0.3 is 0 Å². The van der Waals surface area contributed by atoms with Crippen molar-refractivity contribution in [1.82, 2.24) is 15.0 Å². The maximum atomic E-state index is 12.3. The Bertz CT molecular complexity index is 515. The third-order valence-corrected chi connectivity index (χ3v) is 5.74. The Morgan fingerprint density at radius 1 is 1.32 bits per heavy atom. The molecule has 0 unspecified atom stereocenters. The number of thioether (sulfide) groups is 1. The van der Waals surface area contributed by atoms with Crippen molar-refractivity contribution in [3.63, 3.8) is 0 Å². The van der Waals surface area contributed by atoms with Gasteiger partial charge in [0.1, 0.15) is 0 Å². The second-order valence-corrected chi connectivity index (χ2v) is 7.63. The van der Waals surface area contributed by atoms with E-state index in [0.717, 1.165) is 12.2 Å². The first-order valence-corrected chi connectivity index (χ1v) is 9.46. The van der Waals surface area contributed by atoms with Crippen LogP contribution in [0, 0.1) is 5.92 Å². The summed E-state index contributed by atoms with van der Waals surface area (Å²) in [6, 6.07) is 0.409. The van der Waals surface area contributed by atoms with Gasteiger partial charge < -0.3 is 9.42 Å². The summed E-state index contributed by atoms with van der Waals surface area (Å²) in [5.74, 6) is 3.95. The van der Waals surface area contributed by atoms with Gasteiger partial charge in [-0.1, -0.05) is 24.9 Å². The monoisotopic (exact) mass is 323 g/mol.